The second-order valence-electron chi connectivity index (χ2n) is 9.97. The number of benzene rings is 4. The molecular formula is C35H26BrFN2O4S. The first-order chi connectivity index (χ1) is 21.4. The predicted molar refractivity (Wildman–Crippen MR) is 172 cm³/mol. The number of carbonyl (C=O) groups is 1. The third-order valence-electron chi connectivity index (χ3n) is 7.06. The number of hydrogen-bond acceptors (Lipinski definition) is 6. The summed E-state index contributed by atoms with van der Waals surface area (Å²) in [5.74, 6) is -0.303. The minimum absolute atomic E-state index is 0.147. The summed E-state index contributed by atoms with van der Waals surface area (Å²) in [4.78, 5) is 32.7. The first-order valence-corrected chi connectivity index (χ1v) is 15.5. The zero-order valence-electron chi connectivity index (χ0n) is 23.6. The van der Waals surface area contributed by atoms with E-state index in [9.17, 15) is 14.0 Å². The third kappa shape index (κ3) is 6.20. The van der Waals surface area contributed by atoms with Gasteiger partial charge in [-0.3, -0.25) is 9.36 Å². The van der Waals surface area contributed by atoms with Crippen molar-refractivity contribution >= 4 is 45.0 Å². The first kappa shape index (κ1) is 29.5. The van der Waals surface area contributed by atoms with Crippen LogP contribution in [0.5, 0.6) is 5.75 Å². The van der Waals surface area contributed by atoms with Crippen molar-refractivity contribution in [1.29, 1.82) is 0 Å². The summed E-state index contributed by atoms with van der Waals surface area (Å²) in [5, 5.41) is 0. The topological polar surface area (TPSA) is 69.9 Å². The lowest BCUT2D eigenvalue weighted by Gasteiger charge is -2.25. The Morgan fingerprint density at radius 3 is 2.36 bits per heavy atom. The summed E-state index contributed by atoms with van der Waals surface area (Å²) in [6.45, 7) is 2.30. The van der Waals surface area contributed by atoms with E-state index in [-0.39, 0.29) is 17.7 Å². The Balaban J connectivity index is 1.42. The van der Waals surface area contributed by atoms with Crippen LogP contribution in [0.4, 0.5) is 4.39 Å². The van der Waals surface area contributed by atoms with Crippen molar-refractivity contribution in [2.24, 2.45) is 4.99 Å². The van der Waals surface area contributed by atoms with E-state index in [1.807, 2.05) is 78.9 Å². The molecule has 0 saturated carbocycles. The van der Waals surface area contributed by atoms with Crippen LogP contribution in [-0.2, 0) is 16.1 Å². The normalized spacial score (nSPS) is 14.6. The monoisotopic (exact) mass is 668 g/mol. The molecule has 0 bridgehead atoms. The van der Waals surface area contributed by atoms with Gasteiger partial charge in [-0.15, -0.1) is 0 Å². The molecule has 0 radical (unpaired) electrons. The number of ether oxygens (including phenoxy) is 2. The number of hydrogen-bond donors (Lipinski definition) is 0. The molecular weight excluding hydrogens is 643 g/mol. The highest BCUT2D eigenvalue weighted by Crippen LogP contribution is 2.35. The van der Waals surface area contributed by atoms with Gasteiger partial charge in [0.25, 0.3) is 5.56 Å². The summed E-state index contributed by atoms with van der Waals surface area (Å²) in [6.07, 6.45) is 1.79. The van der Waals surface area contributed by atoms with Gasteiger partial charge in [-0.05, 0) is 66.1 Å². The molecule has 5 aromatic rings. The SMILES string of the molecule is CCOC(=O)C1=C(c2ccccc2)N=c2s/c(=C\c3ccc(OCc4ccc(Br)cc4)cc3)c(=O)n2[C@H]1c1ccc(F)cc1. The number of halogens is 2. The van der Waals surface area contributed by atoms with Gasteiger partial charge in [0.15, 0.2) is 4.80 Å². The fourth-order valence-corrected chi connectivity index (χ4v) is 6.23. The number of nitrogens with zero attached hydrogens (tertiary/aromatic N) is 2. The summed E-state index contributed by atoms with van der Waals surface area (Å²) in [6, 6.07) is 29.6. The lowest BCUT2D eigenvalue weighted by atomic mass is 9.93. The van der Waals surface area contributed by atoms with Gasteiger partial charge in [0.05, 0.1) is 28.5 Å². The average Bonchev–Trinajstić information content (AvgIpc) is 3.35. The van der Waals surface area contributed by atoms with Crippen molar-refractivity contribution < 1.29 is 18.7 Å². The Morgan fingerprint density at radius 1 is 0.977 bits per heavy atom. The van der Waals surface area contributed by atoms with Crippen LogP contribution in [0.3, 0.4) is 0 Å². The van der Waals surface area contributed by atoms with Gasteiger partial charge in [-0.25, -0.2) is 14.2 Å². The Bertz CT molecular complexity index is 2020. The quantitative estimate of drug-likeness (QED) is 0.179. The standard InChI is InChI=1S/C35H26BrFN2O4S/c1-2-42-34(41)30-31(24-6-4-3-5-7-24)38-35-39(32(30)25-12-16-27(37)17-13-25)33(40)29(44-35)20-22-10-18-28(19-11-22)43-21-23-8-14-26(36)15-9-23/h3-20,32H,2,21H2,1H3/b29-20-/t32-/m0/s1. The highest BCUT2D eigenvalue weighted by molar-refractivity contribution is 9.10. The number of aromatic nitrogens is 1. The molecule has 6 nitrogen and oxygen atoms in total. The molecule has 1 aliphatic rings. The van der Waals surface area contributed by atoms with E-state index in [0.29, 0.717) is 38.5 Å². The Hall–Kier alpha value is -4.60. The molecule has 0 aliphatic carbocycles. The van der Waals surface area contributed by atoms with Crippen LogP contribution in [-0.4, -0.2) is 17.1 Å². The maximum Gasteiger partial charge on any atom is 0.338 e. The highest BCUT2D eigenvalue weighted by Gasteiger charge is 2.35. The summed E-state index contributed by atoms with van der Waals surface area (Å²) in [5.41, 5.74) is 3.45. The molecule has 1 aromatic heterocycles. The minimum atomic E-state index is -0.863. The van der Waals surface area contributed by atoms with Gasteiger partial charge in [0.2, 0.25) is 0 Å². The van der Waals surface area contributed by atoms with E-state index in [1.54, 1.807) is 25.1 Å². The second kappa shape index (κ2) is 13.0. The molecule has 2 heterocycles. The van der Waals surface area contributed by atoms with Crippen LogP contribution in [0.2, 0.25) is 0 Å². The van der Waals surface area contributed by atoms with Crippen molar-refractivity contribution in [2.75, 3.05) is 6.61 Å². The highest BCUT2D eigenvalue weighted by atomic mass is 79.9. The molecule has 44 heavy (non-hydrogen) atoms. The molecule has 0 N–H and O–H groups in total. The molecule has 9 heteroatoms. The second-order valence-corrected chi connectivity index (χ2v) is 11.9. The Labute approximate surface area is 265 Å². The van der Waals surface area contributed by atoms with Crippen molar-refractivity contribution in [3.8, 4) is 5.75 Å². The molecule has 0 spiro atoms. The van der Waals surface area contributed by atoms with E-state index in [2.05, 4.69) is 15.9 Å². The fourth-order valence-electron chi connectivity index (χ4n) is 4.96. The number of rotatable bonds is 8. The molecule has 0 saturated heterocycles. The predicted octanol–water partition coefficient (Wildman–Crippen LogP) is 6.42. The van der Waals surface area contributed by atoms with E-state index < -0.39 is 17.8 Å². The third-order valence-corrected chi connectivity index (χ3v) is 8.57. The summed E-state index contributed by atoms with van der Waals surface area (Å²) in [7, 11) is 0. The Kier molecular flexibility index (Phi) is 8.67. The lowest BCUT2D eigenvalue weighted by Crippen LogP contribution is -2.40. The molecule has 1 atom stereocenters. The van der Waals surface area contributed by atoms with Crippen LogP contribution in [0.1, 0.15) is 35.2 Å². The van der Waals surface area contributed by atoms with Crippen LogP contribution >= 0.6 is 27.3 Å². The van der Waals surface area contributed by atoms with Gasteiger partial charge in [-0.2, -0.15) is 0 Å². The number of esters is 1. The fraction of sp³-hybridized carbons (Fsp3) is 0.114. The van der Waals surface area contributed by atoms with E-state index in [0.717, 1.165) is 15.6 Å². The van der Waals surface area contributed by atoms with Crippen LogP contribution in [0, 0.1) is 5.82 Å². The molecule has 6 rings (SSSR count). The maximum absolute atomic E-state index is 14.0. The van der Waals surface area contributed by atoms with Crippen molar-refractivity contribution in [2.45, 2.75) is 19.6 Å². The molecule has 220 valence electrons. The van der Waals surface area contributed by atoms with Crippen LogP contribution in [0.15, 0.2) is 123 Å². The van der Waals surface area contributed by atoms with Crippen LogP contribution in [0.25, 0.3) is 11.8 Å². The van der Waals surface area contributed by atoms with Gasteiger partial charge in [-0.1, -0.05) is 94.0 Å². The molecule has 1 aliphatic heterocycles. The van der Waals surface area contributed by atoms with Crippen molar-refractivity contribution in [3.63, 3.8) is 0 Å². The number of carbonyl (C=O) groups excluding carboxylic acids is 1. The first-order valence-electron chi connectivity index (χ1n) is 13.9. The minimum Gasteiger partial charge on any atom is -0.489 e. The van der Waals surface area contributed by atoms with E-state index in [4.69, 9.17) is 14.5 Å². The summed E-state index contributed by atoms with van der Waals surface area (Å²) < 4.78 is 28.3. The van der Waals surface area contributed by atoms with Gasteiger partial charge >= 0.3 is 5.97 Å². The largest absolute Gasteiger partial charge is 0.489 e. The zero-order valence-corrected chi connectivity index (χ0v) is 26.0. The van der Waals surface area contributed by atoms with E-state index in [1.165, 1.54) is 28.0 Å². The van der Waals surface area contributed by atoms with Gasteiger partial charge in [0.1, 0.15) is 18.2 Å². The molecule has 0 amide bonds. The van der Waals surface area contributed by atoms with Crippen molar-refractivity contribution in [1.82, 2.24) is 4.57 Å². The molecule has 4 aromatic carbocycles. The smallest absolute Gasteiger partial charge is 0.338 e. The van der Waals surface area contributed by atoms with Crippen LogP contribution < -0.4 is 19.6 Å². The van der Waals surface area contributed by atoms with Gasteiger partial charge in [0, 0.05) is 10.0 Å². The average molecular weight is 670 g/mol. The lowest BCUT2D eigenvalue weighted by molar-refractivity contribution is -0.138. The van der Waals surface area contributed by atoms with Crippen molar-refractivity contribution in [3.05, 3.63) is 161 Å². The van der Waals surface area contributed by atoms with E-state index >= 15 is 0 Å². The maximum atomic E-state index is 14.0. The Morgan fingerprint density at radius 2 is 1.68 bits per heavy atom. The molecule has 0 fully saturated rings. The summed E-state index contributed by atoms with van der Waals surface area (Å²) >= 11 is 4.67. The number of fused-ring (bicyclic) bond motifs is 1. The molecule has 0 unspecified atom stereocenters. The van der Waals surface area contributed by atoms with Gasteiger partial charge < -0.3 is 9.47 Å². The number of thiazole rings is 1. The zero-order chi connectivity index (χ0) is 30.6.